The number of aromatic nitrogens is 1. The SMILES string of the molecule is CNC(=O)c1cccnc1NCC(O)c1ccc(Cl)cc1Cl. The fraction of sp³-hybridized carbons (Fsp3) is 0.200. The molecule has 0 aliphatic rings. The number of benzene rings is 1. The summed E-state index contributed by atoms with van der Waals surface area (Å²) in [7, 11) is 1.54. The van der Waals surface area contributed by atoms with Gasteiger partial charge in [0.1, 0.15) is 5.82 Å². The average Bonchev–Trinajstić information content (AvgIpc) is 2.52. The highest BCUT2D eigenvalue weighted by Gasteiger charge is 2.15. The minimum Gasteiger partial charge on any atom is -0.387 e. The number of hydrogen-bond acceptors (Lipinski definition) is 4. The smallest absolute Gasteiger partial charge is 0.254 e. The largest absolute Gasteiger partial charge is 0.387 e. The summed E-state index contributed by atoms with van der Waals surface area (Å²) in [6.07, 6.45) is 0.709. The third kappa shape index (κ3) is 3.88. The third-order valence-corrected chi connectivity index (χ3v) is 3.63. The van der Waals surface area contributed by atoms with Crippen molar-refractivity contribution in [3.05, 3.63) is 57.7 Å². The first-order valence-corrected chi connectivity index (χ1v) is 7.32. The van der Waals surface area contributed by atoms with Crippen LogP contribution in [0.15, 0.2) is 36.5 Å². The van der Waals surface area contributed by atoms with Gasteiger partial charge in [-0.05, 0) is 24.3 Å². The molecule has 7 heteroatoms. The Balaban J connectivity index is 2.11. The van der Waals surface area contributed by atoms with Crippen LogP contribution in [0, 0.1) is 0 Å². The number of aliphatic hydroxyl groups excluding tert-OH is 1. The van der Waals surface area contributed by atoms with Gasteiger partial charge in [-0.15, -0.1) is 0 Å². The maximum Gasteiger partial charge on any atom is 0.254 e. The van der Waals surface area contributed by atoms with E-state index >= 15 is 0 Å². The van der Waals surface area contributed by atoms with Gasteiger partial charge in [-0.3, -0.25) is 4.79 Å². The van der Waals surface area contributed by atoms with E-state index in [1.165, 1.54) is 0 Å². The van der Waals surface area contributed by atoms with Crippen molar-refractivity contribution >= 4 is 34.9 Å². The lowest BCUT2D eigenvalue weighted by molar-refractivity contribution is 0.0963. The molecule has 0 bridgehead atoms. The highest BCUT2D eigenvalue weighted by molar-refractivity contribution is 6.35. The molecule has 22 heavy (non-hydrogen) atoms. The van der Waals surface area contributed by atoms with E-state index in [1.54, 1.807) is 43.6 Å². The second-order valence-electron chi connectivity index (χ2n) is 4.54. The lowest BCUT2D eigenvalue weighted by atomic mass is 10.1. The van der Waals surface area contributed by atoms with Crippen LogP contribution in [0.3, 0.4) is 0 Å². The molecular formula is C15H15Cl2N3O2. The lowest BCUT2D eigenvalue weighted by Gasteiger charge is -2.15. The topological polar surface area (TPSA) is 74.2 Å². The maximum absolute atomic E-state index is 11.8. The van der Waals surface area contributed by atoms with Crippen LogP contribution in [0.4, 0.5) is 5.82 Å². The van der Waals surface area contributed by atoms with E-state index in [-0.39, 0.29) is 12.5 Å². The highest BCUT2D eigenvalue weighted by atomic mass is 35.5. The molecule has 2 aromatic rings. The zero-order chi connectivity index (χ0) is 16.1. The van der Waals surface area contributed by atoms with Gasteiger partial charge in [0.05, 0.1) is 11.7 Å². The van der Waals surface area contributed by atoms with E-state index in [0.717, 1.165) is 0 Å². The van der Waals surface area contributed by atoms with E-state index in [1.807, 2.05) is 0 Å². The molecule has 0 saturated heterocycles. The van der Waals surface area contributed by atoms with Crippen LogP contribution in [0.2, 0.25) is 10.0 Å². The fourth-order valence-electron chi connectivity index (χ4n) is 1.94. The lowest BCUT2D eigenvalue weighted by Crippen LogP contribution is -2.21. The zero-order valence-corrected chi connectivity index (χ0v) is 13.3. The molecule has 1 heterocycles. The summed E-state index contributed by atoms with van der Waals surface area (Å²) in [5.74, 6) is 0.139. The third-order valence-electron chi connectivity index (χ3n) is 3.06. The number of pyridine rings is 1. The van der Waals surface area contributed by atoms with Crippen LogP contribution in [-0.2, 0) is 0 Å². The van der Waals surface area contributed by atoms with E-state index in [2.05, 4.69) is 15.6 Å². The number of amides is 1. The van der Waals surface area contributed by atoms with Crippen LogP contribution >= 0.6 is 23.2 Å². The summed E-state index contributed by atoms with van der Waals surface area (Å²) >= 11 is 11.9. The Hall–Kier alpha value is -1.82. The number of nitrogens with one attached hydrogen (secondary N) is 2. The van der Waals surface area contributed by atoms with Gasteiger partial charge in [0.15, 0.2) is 0 Å². The molecule has 0 aliphatic heterocycles. The van der Waals surface area contributed by atoms with Crippen molar-refractivity contribution in [1.82, 2.24) is 10.3 Å². The number of carbonyl (C=O) groups excluding carboxylic acids is 1. The number of nitrogens with zero attached hydrogens (tertiary/aromatic N) is 1. The fourth-order valence-corrected chi connectivity index (χ4v) is 2.47. The minimum absolute atomic E-state index is 0.155. The number of carbonyl (C=O) groups is 1. The molecule has 0 saturated carbocycles. The molecule has 116 valence electrons. The molecule has 2 rings (SSSR count). The van der Waals surface area contributed by atoms with Gasteiger partial charge in [0.25, 0.3) is 5.91 Å². The first kappa shape index (κ1) is 16.5. The average molecular weight is 340 g/mol. The summed E-state index contributed by atoms with van der Waals surface area (Å²) in [4.78, 5) is 15.9. The quantitative estimate of drug-likeness (QED) is 0.782. The monoisotopic (exact) mass is 339 g/mol. The van der Waals surface area contributed by atoms with Crippen LogP contribution in [0.1, 0.15) is 22.0 Å². The molecule has 0 spiro atoms. The Morgan fingerprint density at radius 1 is 1.36 bits per heavy atom. The highest BCUT2D eigenvalue weighted by Crippen LogP contribution is 2.26. The molecule has 0 aliphatic carbocycles. The van der Waals surface area contributed by atoms with Crippen molar-refractivity contribution in [2.24, 2.45) is 0 Å². The Morgan fingerprint density at radius 3 is 2.82 bits per heavy atom. The summed E-state index contributed by atoms with van der Waals surface area (Å²) in [5, 5.41) is 16.6. The second kappa shape index (κ2) is 7.45. The number of rotatable bonds is 5. The molecule has 1 unspecified atom stereocenters. The molecule has 1 aromatic carbocycles. The Bertz CT molecular complexity index is 680. The summed E-state index contributed by atoms with van der Waals surface area (Å²) in [5.41, 5.74) is 0.954. The molecule has 1 amide bonds. The number of anilines is 1. The molecule has 3 N–H and O–H groups in total. The molecule has 0 fully saturated rings. The first-order chi connectivity index (χ1) is 10.5. The standard InChI is InChI=1S/C15H15Cl2N3O2/c1-18-15(22)11-3-2-6-19-14(11)20-8-13(21)10-5-4-9(16)7-12(10)17/h2-7,13,21H,8H2,1H3,(H,18,22)(H,19,20). The summed E-state index contributed by atoms with van der Waals surface area (Å²) < 4.78 is 0. The van der Waals surface area contributed by atoms with Crippen LogP contribution in [0.25, 0.3) is 0 Å². The minimum atomic E-state index is -0.857. The zero-order valence-electron chi connectivity index (χ0n) is 11.8. The van der Waals surface area contributed by atoms with Gasteiger partial charge in [0.2, 0.25) is 0 Å². The predicted octanol–water partition coefficient (Wildman–Crippen LogP) is 2.89. The van der Waals surface area contributed by atoms with Gasteiger partial charge in [-0.1, -0.05) is 29.3 Å². The van der Waals surface area contributed by atoms with E-state index in [0.29, 0.717) is 27.0 Å². The second-order valence-corrected chi connectivity index (χ2v) is 5.38. The van der Waals surface area contributed by atoms with Crippen LogP contribution in [-0.4, -0.2) is 29.6 Å². The number of hydrogen-bond donors (Lipinski definition) is 3. The van der Waals surface area contributed by atoms with Crippen LogP contribution in [0.5, 0.6) is 0 Å². The molecule has 0 radical (unpaired) electrons. The van der Waals surface area contributed by atoms with E-state index in [9.17, 15) is 9.90 Å². The maximum atomic E-state index is 11.8. The van der Waals surface area contributed by atoms with Gasteiger partial charge in [0, 0.05) is 35.4 Å². The van der Waals surface area contributed by atoms with Crippen molar-refractivity contribution in [3.63, 3.8) is 0 Å². The van der Waals surface area contributed by atoms with Gasteiger partial charge < -0.3 is 15.7 Å². The van der Waals surface area contributed by atoms with Crippen molar-refractivity contribution in [2.45, 2.75) is 6.10 Å². The van der Waals surface area contributed by atoms with Crippen molar-refractivity contribution in [1.29, 1.82) is 0 Å². The Morgan fingerprint density at radius 2 is 2.14 bits per heavy atom. The predicted molar refractivity (Wildman–Crippen MR) is 87.5 cm³/mol. The molecule has 1 aromatic heterocycles. The Kier molecular flexibility index (Phi) is 5.60. The van der Waals surface area contributed by atoms with Gasteiger partial charge in [-0.2, -0.15) is 0 Å². The normalized spacial score (nSPS) is 11.8. The van der Waals surface area contributed by atoms with E-state index in [4.69, 9.17) is 23.2 Å². The molecule has 5 nitrogen and oxygen atoms in total. The first-order valence-electron chi connectivity index (χ1n) is 6.57. The Labute approximate surface area is 138 Å². The van der Waals surface area contributed by atoms with E-state index < -0.39 is 6.10 Å². The van der Waals surface area contributed by atoms with Crippen molar-refractivity contribution in [3.8, 4) is 0 Å². The van der Waals surface area contributed by atoms with Gasteiger partial charge >= 0.3 is 0 Å². The van der Waals surface area contributed by atoms with Crippen molar-refractivity contribution < 1.29 is 9.90 Å². The molecule has 1 atom stereocenters. The molecular weight excluding hydrogens is 325 g/mol. The van der Waals surface area contributed by atoms with Crippen molar-refractivity contribution in [2.75, 3.05) is 18.9 Å². The van der Waals surface area contributed by atoms with Crippen LogP contribution < -0.4 is 10.6 Å². The number of aliphatic hydroxyl groups is 1. The van der Waals surface area contributed by atoms with Gasteiger partial charge in [-0.25, -0.2) is 4.98 Å². The summed E-state index contributed by atoms with van der Waals surface area (Å²) in [6.45, 7) is 0.155. The summed E-state index contributed by atoms with van der Waals surface area (Å²) in [6, 6.07) is 8.20. The number of halogens is 2.